The van der Waals surface area contributed by atoms with Crippen molar-refractivity contribution in [2.75, 3.05) is 19.0 Å². The first-order chi connectivity index (χ1) is 8.19. The van der Waals surface area contributed by atoms with Crippen LogP contribution < -0.4 is 4.90 Å². The minimum Gasteiger partial charge on any atom is -0.721 e. The molecule has 0 amide bonds. The Morgan fingerprint density at radius 1 is 1.22 bits per heavy atom. The summed E-state index contributed by atoms with van der Waals surface area (Å²) >= 11 is 0. The molecule has 0 aliphatic carbocycles. The van der Waals surface area contributed by atoms with Gasteiger partial charge in [0.15, 0.2) is 0 Å². The van der Waals surface area contributed by atoms with Crippen LogP contribution in [-0.4, -0.2) is 26.7 Å². The molecule has 0 atom stereocenters. The van der Waals surface area contributed by atoms with Crippen molar-refractivity contribution in [3.05, 3.63) is 53.6 Å². The zero-order valence-electron chi connectivity index (χ0n) is 10.3. The van der Waals surface area contributed by atoms with Crippen molar-refractivity contribution in [1.82, 2.24) is 0 Å². The Hall–Kier alpha value is -1.64. The molecule has 0 radical (unpaired) electrons. The largest absolute Gasteiger partial charge is 0.721 e. The summed E-state index contributed by atoms with van der Waals surface area (Å²) in [6, 6.07) is 12.8. The van der Waals surface area contributed by atoms with Gasteiger partial charge in [-0.15, -0.1) is 6.07 Å². The van der Waals surface area contributed by atoms with Crippen molar-refractivity contribution in [3.63, 3.8) is 0 Å². The molecule has 0 saturated heterocycles. The molecule has 0 bridgehead atoms. The van der Waals surface area contributed by atoms with E-state index in [1.54, 1.807) is 12.1 Å². The van der Waals surface area contributed by atoms with Gasteiger partial charge in [-0.1, -0.05) is 5.56 Å². The van der Waals surface area contributed by atoms with Crippen LogP contribution in [0.3, 0.4) is 0 Å². The molecule has 2 aromatic rings. The third-order valence-corrected chi connectivity index (χ3v) is 2.26. The molecule has 18 heavy (non-hydrogen) atoms. The van der Waals surface area contributed by atoms with Crippen LogP contribution in [0.5, 0.6) is 0 Å². The summed E-state index contributed by atoms with van der Waals surface area (Å²) in [5.41, 5.74) is 2.49. The van der Waals surface area contributed by atoms with Gasteiger partial charge in [0.05, 0.1) is 6.29 Å². The average Bonchev–Trinajstić information content (AvgIpc) is 3.00. The Morgan fingerprint density at radius 2 is 1.83 bits per heavy atom. The van der Waals surface area contributed by atoms with E-state index in [2.05, 4.69) is 0 Å². The molecule has 4 heteroatoms. The molecule has 0 fully saturated rings. The summed E-state index contributed by atoms with van der Waals surface area (Å²) in [7, 11) is 3.84. The maximum atomic E-state index is 10.4. The van der Waals surface area contributed by atoms with Crippen LogP contribution in [0, 0.1) is 0 Å². The predicted octanol–water partition coefficient (Wildman–Crippen LogP) is 2.50. The molecule has 0 unspecified atom stereocenters. The van der Waals surface area contributed by atoms with Gasteiger partial charge in [0, 0.05) is 17.1 Å². The van der Waals surface area contributed by atoms with Gasteiger partial charge in [0.1, 0.15) is 0 Å². The summed E-state index contributed by atoms with van der Waals surface area (Å²) in [6.07, 6.45) is 1.70. The summed E-state index contributed by atoms with van der Waals surface area (Å²) in [5.74, 6) is 0. The first kappa shape index (κ1) is 16.4. The molecular formula is C14H15FeNO2-6. The molecule has 0 aliphatic heterocycles. The Bertz CT molecular complexity index is 458. The maximum Gasteiger partial charge on any atom is 0.0669 e. The van der Waals surface area contributed by atoms with Crippen LogP contribution in [0.1, 0.15) is 20.7 Å². The van der Waals surface area contributed by atoms with E-state index in [9.17, 15) is 9.59 Å². The van der Waals surface area contributed by atoms with Crippen molar-refractivity contribution in [2.24, 2.45) is 0 Å². The smallest absolute Gasteiger partial charge is 0.0669 e. The van der Waals surface area contributed by atoms with E-state index in [0.717, 1.165) is 29.4 Å². The minimum absolute atomic E-state index is 0. The van der Waals surface area contributed by atoms with Gasteiger partial charge in [0.2, 0.25) is 0 Å². The number of nitrogens with zero attached hydrogens (tertiary/aromatic N) is 1. The molecule has 3 nitrogen and oxygen atoms in total. The molecule has 2 rings (SSSR count). The van der Waals surface area contributed by atoms with Crippen LogP contribution in [0.2, 0.25) is 0 Å². The standard InChI is InChI=1S/C8H10NO.C6H5O.Fe/c1-9(2)8-5-3-4-7(8)6-10;7-5-6-3-1-2-4-6;/h3-6H,1-2H3;1-5H;/q-1;-5;. The first-order valence-corrected chi connectivity index (χ1v) is 5.24. The second kappa shape index (κ2) is 8.45. The number of carbonyl (C=O) groups excluding carboxylic acids is 2. The molecule has 0 N–H and O–H groups in total. The van der Waals surface area contributed by atoms with Gasteiger partial charge in [0.25, 0.3) is 0 Å². The third kappa shape index (κ3) is 4.70. The Kier molecular flexibility index (Phi) is 7.68. The fourth-order valence-corrected chi connectivity index (χ4v) is 1.40. The predicted molar refractivity (Wildman–Crippen MR) is 69.2 cm³/mol. The van der Waals surface area contributed by atoms with E-state index >= 15 is 0 Å². The van der Waals surface area contributed by atoms with Gasteiger partial charge in [-0.3, -0.25) is 6.29 Å². The van der Waals surface area contributed by atoms with E-state index in [-0.39, 0.29) is 17.1 Å². The van der Waals surface area contributed by atoms with Crippen LogP contribution in [0.15, 0.2) is 42.5 Å². The van der Waals surface area contributed by atoms with Crippen LogP contribution >= 0.6 is 0 Å². The number of aldehydes is 2. The second-order valence-corrected chi connectivity index (χ2v) is 3.71. The van der Waals surface area contributed by atoms with Gasteiger partial charge in [-0.25, -0.2) is 0 Å². The molecule has 0 heterocycles. The number of rotatable bonds is 3. The zero-order chi connectivity index (χ0) is 12.7. The Labute approximate surface area is 118 Å². The van der Waals surface area contributed by atoms with E-state index < -0.39 is 0 Å². The second-order valence-electron chi connectivity index (χ2n) is 3.71. The first-order valence-electron chi connectivity index (χ1n) is 5.24. The normalized spacial score (nSPS) is 8.56. The average molecular weight is 285 g/mol. The molecule has 102 valence electrons. The van der Waals surface area contributed by atoms with E-state index in [0.29, 0.717) is 0 Å². The van der Waals surface area contributed by atoms with E-state index in [1.165, 1.54) is 0 Å². The molecule has 0 aromatic heterocycles. The number of hydrogen-bond donors (Lipinski definition) is 0. The third-order valence-electron chi connectivity index (χ3n) is 2.26. The molecule has 0 aliphatic rings. The Morgan fingerprint density at radius 3 is 2.17 bits per heavy atom. The van der Waals surface area contributed by atoms with Gasteiger partial charge in [-0.2, -0.15) is 12.1 Å². The van der Waals surface area contributed by atoms with Crippen LogP contribution in [0.4, 0.5) is 5.69 Å². The zero-order valence-corrected chi connectivity index (χ0v) is 11.4. The number of carbonyl (C=O) groups is 2. The SMILES string of the molecule is CN(C)[c-]1cccc1C=O.O=C[c-]1[cH-][cH-][cH-][cH-]1.[Fe]. The van der Waals surface area contributed by atoms with Crippen molar-refractivity contribution in [2.45, 2.75) is 0 Å². The van der Waals surface area contributed by atoms with Crippen LogP contribution in [0.25, 0.3) is 0 Å². The summed E-state index contributed by atoms with van der Waals surface area (Å²) in [4.78, 5) is 22.2. The fourth-order valence-electron chi connectivity index (χ4n) is 1.40. The van der Waals surface area contributed by atoms with Gasteiger partial charge < -0.3 is 44.3 Å². The minimum atomic E-state index is 0. The quantitative estimate of drug-likeness (QED) is 0.494. The van der Waals surface area contributed by atoms with Gasteiger partial charge >= 0.3 is 0 Å². The molecule has 0 spiro atoms. The van der Waals surface area contributed by atoms with E-state index in [4.69, 9.17) is 0 Å². The molecular weight excluding hydrogens is 270 g/mol. The van der Waals surface area contributed by atoms with Crippen molar-refractivity contribution in [3.8, 4) is 0 Å². The number of hydrogen-bond acceptors (Lipinski definition) is 3. The maximum absolute atomic E-state index is 10.4. The van der Waals surface area contributed by atoms with Crippen molar-refractivity contribution < 1.29 is 26.7 Å². The molecule has 2 aromatic carbocycles. The molecule has 0 saturated carbocycles. The number of anilines is 1. The fraction of sp³-hybridized carbons (Fsp3) is 0.143. The van der Waals surface area contributed by atoms with E-state index in [1.807, 2.05) is 49.3 Å². The summed E-state index contributed by atoms with van der Waals surface area (Å²) in [6.45, 7) is 0. The Balaban J connectivity index is 0.000000321. The van der Waals surface area contributed by atoms with Crippen molar-refractivity contribution in [1.29, 1.82) is 0 Å². The topological polar surface area (TPSA) is 37.4 Å². The van der Waals surface area contributed by atoms with Gasteiger partial charge in [-0.05, 0) is 19.8 Å². The van der Waals surface area contributed by atoms with Crippen LogP contribution in [-0.2, 0) is 17.1 Å². The van der Waals surface area contributed by atoms with Crippen molar-refractivity contribution >= 4 is 18.3 Å². The summed E-state index contributed by atoms with van der Waals surface area (Å²) in [5, 5.41) is 0. The summed E-state index contributed by atoms with van der Waals surface area (Å²) < 4.78 is 0. The monoisotopic (exact) mass is 285 g/mol.